The van der Waals surface area contributed by atoms with E-state index in [1.165, 1.54) is 11.3 Å². The van der Waals surface area contributed by atoms with Gasteiger partial charge in [-0.15, -0.1) is 0 Å². The molecule has 20 heavy (non-hydrogen) atoms. The molecule has 6 heteroatoms. The summed E-state index contributed by atoms with van der Waals surface area (Å²) in [5.41, 5.74) is 1.48. The first-order valence-electron chi connectivity index (χ1n) is 6.51. The van der Waals surface area contributed by atoms with Gasteiger partial charge in [0.05, 0.1) is 10.2 Å². The van der Waals surface area contributed by atoms with Crippen molar-refractivity contribution in [1.82, 2.24) is 4.98 Å². The molecule has 1 heterocycles. The summed E-state index contributed by atoms with van der Waals surface area (Å²) in [6.45, 7) is 5.48. The summed E-state index contributed by atoms with van der Waals surface area (Å²) < 4.78 is 0.971. The summed E-state index contributed by atoms with van der Waals surface area (Å²) in [5.74, 6) is -0.156. The minimum absolute atomic E-state index is 0.0286. The van der Waals surface area contributed by atoms with Crippen LogP contribution in [0.25, 0.3) is 10.2 Å². The first kappa shape index (κ1) is 14.5. The minimum atomic E-state index is -0.0689. The normalized spacial score (nSPS) is 10.8. The molecule has 0 radical (unpaired) electrons. The Bertz CT molecular complexity index is 649. The van der Waals surface area contributed by atoms with Gasteiger partial charge in [0.2, 0.25) is 11.8 Å². The number of carbonyl (C=O) groups is 2. The fraction of sp³-hybridized carbons (Fsp3) is 0.357. The maximum atomic E-state index is 11.7. The zero-order valence-corrected chi connectivity index (χ0v) is 12.5. The van der Waals surface area contributed by atoms with Crippen LogP contribution in [0.2, 0.25) is 0 Å². The number of anilines is 2. The summed E-state index contributed by atoms with van der Waals surface area (Å²) in [7, 11) is 0. The van der Waals surface area contributed by atoms with E-state index in [2.05, 4.69) is 15.6 Å². The Kier molecular flexibility index (Phi) is 4.34. The van der Waals surface area contributed by atoms with Gasteiger partial charge in [0, 0.05) is 18.0 Å². The summed E-state index contributed by atoms with van der Waals surface area (Å²) in [6.07, 6.45) is 0.422. The van der Waals surface area contributed by atoms with Crippen molar-refractivity contribution in [3.8, 4) is 0 Å². The van der Waals surface area contributed by atoms with E-state index in [9.17, 15) is 9.59 Å². The van der Waals surface area contributed by atoms with Crippen LogP contribution in [0.4, 0.5) is 10.8 Å². The number of thiazole rings is 1. The number of benzene rings is 1. The lowest BCUT2D eigenvalue weighted by atomic mass is 10.2. The molecule has 0 spiro atoms. The Labute approximate surface area is 121 Å². The van der Waals surface area contributed by atoms with Gasteiger partial charge in [-0.2, -0.15) is 0 Å². The van der Waals surface area contributed by atoms with Crippen LogP contribution in [0.5, 0.6) is 0 Å². The lowest BCUT2D eigenvalue weighted by Crippen LogP contribution is -2.17. The number of hydrogen-bond acceptors (Lipinski definition) is 4. The van der Waals surface area contributed by atoms with Crippen molar-refractivity contribution in [2.45, 2.75) is 27.2 Å². The van der Waals surface area contributed by atoms with Crippen LogP contribution >= 0.6 is 11.3 Å². The first-order valence-corrected chi connectivity index (χ1v) is 7.32. The van der Waals surface area contributed by atoms with Gasteiger partial charge in [0.25, 0.3) is 0 Å². The average Bonchev–Trinajstić information content (AvgIpc) is 2.79. The van der Waals surface area contributed by atoms with E-state index in [0.717, 1.165) is 15.9 Å². The van der Waals surface area contributed by atoms with Crippen molar-refractivity contribution in [2.24, 2.45) is 5.92 Å². The first-order chi connectivity index (χ1) is 9.49. The van der Waals surface area contributed by atoms with Crippen LogP contribution in [0.3, 0.4) is 0 Å². The molecule has 0 saturated carbocycles. The van der Waals surface area contributed by atoms with Crippen molar-refractivity contribution < 1.29 is 9.59 Å². The van der Waals surface area contributed by atoms with Crippen molar-refractivity contribution >= 4 is 44.2 Å². The molecule has 0 unspecified atom stereocenters. The second-order valence-corrected chi connectivity index (χ2v) is 5.78. The standard InChI is InChI=1S/C14H17N3O2S/c1-4-12(18)17-14-16-10-7-9(5-6-11(10)20-14)15-13(19)8(2)3/h5-8H,4H2,1-3H3,(H,15,19)(H,16,17,18). The van der Waals surface area contributed by atoms with Crippen molar-refractivity contribution in [1.29, 1.82) is 0 Å². The Balaban J connectivity index is 2.21. The predicted molar refractivity (Wildman–Crippen MR) is 82.0 cm³/mol. The predicted octanol–water partition coefficient (Wildman–Crippen LogP) is 3.24. The molecule has 0 fully saturated rings. The zero-order chi connectivity index (χ0) is 14.7. The van der Waals surface area contributed by atoms with Gasteiger partial charge in [0.1, 0.15) is 0 Å². The molecule has 106 valence electrons. The summed E-state index contributed by atoms with van der Waals surface area (Å²) in [6, 6.07) is 5.55. The molecule has 2 N–H and O–H groups in total. The number of amides is 2. The Morgan fingerprint density at radius 1 is 1.30 bits per heavy atom. The Morgan fingerprint density at radius 2 is 2.05 bits per heavy atom. The molecule has 0 aliphatic heterocycles. The zero-order valence-electron chi connectivity index (χ0n) is 11.7. The molecular weight excluding hydrogens is 274 g/mol. The summed E-state index contributed by atoms with van der Waals surface area (Å²) in [5, 5.41) is 6.16. The van der Waals surface area contributed by atoms with Crippen molar-refractivity contribution in [3.63, 3.8) is 0 Å². The highest BCUT2D eigenvalue weighted by molar-refractivity contribution is 7.22. The fourth-order valence-corrected chi connectivity index (χ4v) is 2.42. The van der Waals surface area contributed by atoms with E-state index in [4.69, 9.17) is 0 Å². The molecule has 0 atom stereocenters. The molecule has 1 aromatic heterocycles. The number of nitrogens with zero attached hydrogens (tertiary/aromatic N) is 1. The lowest BCUT2D eigenvalue weighted by Gasteiger charge is -2.06. The number of rotatable bonds is 4. The van der Waals surface area contributed by atoms with E-state index in [-0.39, 0.29) is 17.7 Å². The fourth-order valence-electron chi connectivity index (χ4n) is 1.55. The highest BCUT2D eigenvalue weighted by Crippen LogP contribution is 2.28. The van der Waals surface area contributed by atoms with Crippen LogP contribution in [0.1, 0.15) is 27.2 Å². The van der Waals surface area contributed by atoms with Gasteiger partial charge in [-0.3, -0.25) is 9.59 Å². The van der Waals surface area contributed by atoms with E-state index >= 15 is 0 Å². The maximum Gasteiger partial charge on any atom is 0.226 e. The molecule has 0 saturated heterocycles. The number of aromatic nitrogens is 1. The third-order valence-corrected chi connectivity index (χ3v) is 3.70. The third kappa shape index (κ3) is 3.33. The number of carbonyl (C=O) groups excluding carboxylic acids is 2. The molecule has 2 amide bonds. The second-order valence-electron chi connectivity index (χ2n) is 4.75. The van der Waals surface area contributed by atoms with Gasteiger partial charge in [0.15, 0.2) is 5.13 Å². The molecule has 2 rings (SSSR count). The number of fused-ring (bicyclic) bond motifs is 1. The molecule has 0 aliphatic rings. The summed E-state index contributed by atoms with van der Waals surface area (Å²) in [4.78, 5) is 27.3. The summed E-state index contributed by atoms with van der Waals surface area (Å²) >= 11 is 1.42. The van der Waals surface area contributed by atoms with E-state index in [1.807, 2.05) is 32.0 Å². The van der Waals surface area contributed by atoms with E-state index in [1.54, 1.807) is 6.92 Å². The molecule has 0 bridgehead atoms. The van der Waals surface area contributed by atoms with Gasteiger partial charge < -0.3 is 10.6 Å². The monoisotopic (exact) mass is 291 g/mol. The quantitative estimate of drug-likeness (QED) is 0.908. The smallest absolute Gasteiger partial charge is 0.226 e. The van der Waals surface area contributed by atoms with Gasteiger partial charge >= 0.3 is 0 Å². The Hall–Kier alpha value is -1.95. The number of hydrogen-bond donors (Lipinski definition) is 2. The van der Waals surface area contributed by atoms with E-state index < -0.39 is 0 Å². The highest BCUT2D eigenvalue weighted by atomic mass is 32.1. The van der Waals surface area contributed by atoms with Gasteiger partial charge in [-0.05, 0) is 18.2 Å². The highest BCUT2D eigenvalue weighted by Gasteiger charge is 2.10. The molecule has 2 aromatic rings. The average molecular weight is 291 g/mol. The van der Waals surface area contributed by atoms with Crippen molar-refractivity contribution in [3.05, 3.63) is 18.2 Å². The number of nitrogens with one attached hydrogen (secondary N) is 2. The van der Waals surface area contributed by atoms with Crippen molar-refractivity contribution in [2.75, 3.05) is 10.6 Å². The maximum absolute atomic E-state index is 11.7. The molecule has 1 aromatic carbocycles. The lowest BCUT2D eigenvalue weighted by molar-refractivity contribution is -0.119. The molecular formula is C14H17N3O2S. The largest absolute Gasteiger partial charge is 0.326 e. The van der Waals surface area contributed by atoms with Crippen LogP contribution < -0.4 is 10.6 Å². The molecule has 0 aliphatic carbocycles. The third-order valence-electron chi connectivity index (χ3n) is 2.75. The van der Waals surface area contributed by atoms with Crippen LogP contribution in [0.15, 0.2) is 18.2 Å². The van der Waals surface area contributed by atoms with Crippen LogP contribution in [0, 0.1) is 5.92 Å². The van der Waals surface area contributed by atoms with Gasteiger partial charge in [-0.25, -0.2) is 4.98 Å². The second kappa shape index (κ2) is 6.00. The molecule has 5 nitrogen and oxygen atoms in total. The van der Waals surface area contributed by atoms with Crippen LogP contribution in [-0.2, 0) is 9.59 Å². The van der Waals surface area contributed by atoms with E-state index in [0.29, 0.717) is 11.6 Å². The van der Waals surface area contributed by atoms with Gasteiger partial charge in [-0.1, -0.05) is 32.1 Å². The van der Waals surface area contributed by atoms with Crippen LogP contribution in [-0.4, -0.2) is 16.8 Å². The minimum Gasteiger partial charge on any atom is -0.326 e. The topological polar surface area (TPSA) is 71.1 Å². The Morgan fingerprint density at radius 3 is 2.70 bits per heavy atom. The SMILES string of the molecule is CCC(=O)Nc1nc2cc(NC(=O)C(C)C)ccc2s1.